The van der Waals surface area contributed by atoms with Gasteiger partial charge in [-0.05, 0) is 98.1 Å². The number of hydrogen-bond acceptors (Lipinski definition) is 3. The predicted octanol–water partition coefficient (Wildman–Crippen LogP) is 8.39. The maximum absolute atomic E-state index is 6.18. The third-order valence-corrected chi connectivity index (χ3v) is 9.49. The van der Waals surface area contributed by atoms with Crippen LogP contribution in [0.5, 0.6) is 0 Å². The Balaban J connectivity index is 1.43. The molecule has 0 saturated heterocycles. The van der Waals surface area contributed by atoms with Crippen molar-refractivity contribution < 1.29 is 0 Å². The maximum atomic E-state index is 6.18. The lowest BCUT2D eigenvalue weighted by Crippen LogP contribution is -2.08. The van der Waals surface area contributed by atoms with Gasteiger partial charge in [0.1, 0.15) is 10.8 Å². The Morgan fingerprint density at radius 3 is 2.32 bits per heavy atom. The highest BCUT2D eigenvalue weighted by Crippen LogP contribution is 2.34. The first kappa shape index (κ1) is 29.2. The van der Waals surface area contributed by atoms with E-state index in [4.69, 9.17) is 34.5 Å². The second-order valence-electron chi connectivity index (χ2n) is 10.4. The molecule has 7 heteroatoms. The minimum Gasteiger partial charge on any atom is -0.389 e. The van der Waals surface area contributed by atoms with Gasteiger partial charge in [0.15, 0.2) is 0 Å². The number of aromatic nitrogens is 2. The molecule has 0 aliphatic carbocycles. The second kappa shape index (κ2) is 12.7. The molecule has 0 radical (unpaired) electrons. The van der Waals surface area contributed by atoms with E-state index in [9.17, 15) is 0 Å². The number of nitrogens with zero attached hydrogens (tertiary/aromatic N) is 3. The van der Waals surface area contributed by atoms with Gasteiger partial charge >= 0.3 is 0 Å². The average Bonchev–Trinajstić information content (AvgIpc) is 3.34. The molecule has 210 valence electrons. The van der Waals surface area contributed by atoms with Crippen molar-refractivity contribution >= 4 is 56.4 Å². The van der Waals surface area contributed by atoms with Crippen molar-refractivity contribution in [3.05, 3.63) is 107 Å². The molecule has 5 rings (SSSR count). The van der Waals surface area contributed by atoms with Crippen molar-refractivity contribution in [2.45, 2.75) is 37.6 Å². The minimum atomic E-state index is -0.213. The first-order valence-electron chi connectivity index (χ1n) is 13.7. The van der Waals surface area contributed by atoms with E-state index in [1.807, 2.05) is 24.3 Å². The van der Waals surface area contributed by atoms with Gasteiger partial charge in [-0.25, -0.2) is 4.98 Å². The molecular weight excluding hydrogens is 564 g/mol. The lowest BCUT2D eigenvalue weighted by Gasteiger charge is -2.18. The van der Waals surface area contributed by atoms with Gasteiger partial charge < -0.3 is 10.3 Å². The number of rotatable bonds is 10. The lowest BCUT2D eigenvalue weighted by atomic mass is 9.95. The van der Waals surface area contributed by atoms with Crippen molar-refractivity contribution in [2.75, 3.05) is 14.1 Å². The van der Waals surface area contributed by atoms with E-state index in [1.54, 1.807) is 0 Å². The van der Waals surface area contributed by atoms with Crippen molar-refractivity contribution in [2.24, 2.45) is 5.73 Å². The fraction of sp³-hybridized carbons (Fsp3) is 0.206. The van der Waals surface area contributed by atoms with Crippen LogP contribution in [0.3, 0.4) is 0 Å². The predicted molar refractivity (Wildman–Crippen MR) is 182 cm³/mol. The molecule has 41 heavy (non-hydrogen) atoms. The zero-order chi connectivity index (χ0) is 29.1. The van der Waals surface area contributed by atoms with Crippen molar-refractivity contribution in [1.82, 2.24) is 13.9 Å². The summed E-state index contributed by atoms with van der Waals surface area (Å²) in [6.45, 7) is 3.08. The summed E-state index contributed by atoms with van der Waals surface area (Å²) in [5.74, 6) is 5.35. The number of aryl methyl sites for hydroxylation is 3. The average molecular weight is 599 g/mol. The molecule has 0 spiro atoms. The smallest absolute Gasteiger partial charge is 0.141 e. The summed E-state index contributed by atoms with van der Waals surface area (Å²) in [5.41, 5.74) is 14.9. The zero-order valence-electron chi connectivity index (χ0n) is 23.7. The monoisotopic (exact) mass is 598 g/mol. The van der Waals surface area contributed by atoms with Crippen LogP contribution in [0.25, 0.3) is 33.5 Å². The fourth-order valence-corrected chi connectivity index (χ4v) is 6.28. The Hall–Kier alpha value is -3.29. The number of thiocarbonyl (C=S) groups is 1. The van der Waals surface area contributed by atoms with Crippen molar-refractivity contribution in [1.29, 1.82) is 0 Å². The number of imidazole rings is 1. The van der Waals surface area contributed by atoms with Crippen LogP contribution in [-0.2, 0) is 19.4 Å². The summed E-state index contributed by atoms with van der Waals surface area (Å²) < 4.78 is 4.45. The molecule has 0 aliphatic heterocycles. The summed E-state index contributed by atoms with van der Waals surface area (Å²) in [5, 5.41) is 0.745. The van der Waals surface area contributed by atoms with Crippen LogP contribution < -0.4 is 5.73 Å². The van der Waals surface area contributed by atoms with Crippen LogP contribution in [0.2, 0.25) is 5.02 Å². The third-order valence-electron chi connectivity index (χ3n) is 7.32. The third kappa shape index (κ3) is 6.47. The molecule has 2 N–H and O–H groups in total. The highest BCUT2D eigenvalue weighted by Gasteiger charge is 2.14. The maximum Gasteiger partial charge on any atom is 0.141 e. The quantitative estimate of drug-likeness (QED) is 0.164. The van der Waals surface area contributed by atoms with Gasteiger partial charge in [-0.2, -0.15) is 0 Å². The largest absolute Gasteiger partial charge is 0.389 e. The standard InChI is InChI=1S/C34H35ClN4S2/c1-5-20-39-32-19-14-27(33(36)40)22-31(32)37-34(39)25-9-6-23(7-10-25)8-11-26-21-29(41(4)38(2)3)17-18-30(26)24-12-15-28(35)16-13-24/h6-7,9-10,12-19,21-22H,4-5,8,11,20H2,1-3H3,(H2,36,40). The molecule has 1 aromatic heterocycles. The lowest BCUT2D eigenvalue weighted by molar-refractivity contribution is 0.700. The number of nitrogens with two attached hydrogens (primary N) is 1. The summed E-state index contributed by atoms with van der Waals surface area (Å²) in [7, 11) is 3.94. The normalized spacial score (nSPS) is 12.2. The second-order valence-corrected chi connectivity index (χ2v) is 13.2. The molecule has 4 aromatic carbocycles. The molecule has 0 bridgehead atoms. The van der Waals surface area contributed by atoms with Crippen molar-refractivity contribution in [3.63, 3.8) is 0 Å². The summed E-state index contributed by atoms with van der Waals surface area (Å²) >= 11 is 11.4. The Morgan fingerprint density at radius 1 is 0.951 bits per heavy atom. The number of fused-ring (bicyclic) bond motifs is 1. The van der Waals surface area contributed by atoms with Gasteiger partial charge in [0.25, 0.3) is 0 Å². The SMILES string of the molecule is C=S(c1ccc(-c2ccc(Cl)cc2)c(CCc2ccc(-c3nc4cc(C(N)=S)ccc4n3CCC)cc2)c1)N(C)C. The zero-order valence-corrected chi connectivity index (χ0v) is 26.1. The van der Waals surface area contributed by atoms with Crippen LogP contribution in [0.1, 0.15) is 30.0 Å². The highest BCUT2D eigenvalue weighted by molar-refractivity contribution is 8.12. The summed E-state index contributed by atoms with van der Waals surface area (Å²) in [6, 6.07) is 29.7. The summed E-state index contributed by atoms with van der Waals surface area (Å²) in [4.78, 5) is 6.62. The Morgan fingerprint density at radius 2 is 1.66 bits per heavy atom. The first-order valence-corrected chi connectivity index (χ1v) is 15.9. The van der Waals surface area contributed by atoms with E-state index in [-0.39, 0.29) is 10.7 Å². The van der Waals surface area contributed by atoms with E-state index in [1.165, 1.54) is 27.1 Å². The molecule has 0 amide bonds. The summed E-state index contributed by atoms with van der Waals surface area (Å²) in [6.07, 6.45) is 2.87. The van der Waals surface area contributed by atoms with Crippen LogP contribution in [0, 0.1) is 0 Å². The number of benzene rings is 4. The van der Waals surface area contributed by atoms with Crippen LogP contribution in [0.15, 0.2) is 89.8 Å². The highest BCUT2D eigenvalue weighted by atomic mass is 35.5. The topological polar surface area (TPSA) is 47.1 Å². The number of halogens is 1. The number of hydrogen-bond donors (Lipinski definition) is 1. The van der Waals surface area contributed by atoms with Gasteiger partial charge in [-0.15, -0.1) is 0 Å². The van der Waals surface area contributed by atoms with Gasteiger partial charge in [-0.3, -0.25) is 4.31 Å². The van der Waals surface area contributed by atoms with E-state index in [0.717, 1.165) is 58.8 Å². The first-order chi connectivity index (χ1) is 19.7. The minimum absolute atomic E-state index is 0.213. The van der Waals surface area contributed by atoms with Crippen molar-refractivity contribution in [3.8, 4) is 22.5 Å². The Kier molecular flexibility index (Phi) is 9.05. The van der Waals surface area contributed by atoms with E-state index >= 15 is 0 Å². The van der Waals surface area contributed by atoms with E-state index < -0.39 is 0 Å². The van der Waals surface area contributed by atoms with E-state index in [2.05, 4.69) is 96.4 Å². The van der Waals surface area contributed by atoms with Crippen LogP contribution >= 0.6 is 34.5 Å². The Bertz CT molecular complexity index is 1720. The Labute approximate surface area is 255 Å². The molecule has 0 saturated carbocycles. The molecule has 0 fully saturated rings. The fourth-order valence-electron chi connectivity index (χ4n) is 5.10. The van der Waals surface area contributed by atoms with Crippen LogP contribution in [-0.4, -0.2) is 38.8 Å². The van der Waals surface area contributed by atoms with Crippen LogP contribution in [0.4, 0.5) is 0 Å². The van der Waals surface area contributed by atoms with E-state index in [0.29, 0.717) is 4.99 Å². The molecule has 4 nitrogen and oxygen atoms in total. The molecule has 1 heterocycles. The van der Waals surface area contributed by atoms with Gasteiger partial charge in [0, 0.05) is 27.6 Å². The molecular formula is C34H35ClN4S2. The van der Waals surface area contributed by atoms with Gasteiger partial charge in [-0.1, -0.05) is 89.7 Å². The van der Waals surface area contributed by atoms with Gasteiger partial charge in [0.2, 0.25) is 0 Å². The van der Waals surface area contributed by atoms with Gasteiger partial charge in [0.05, 0.1) is 11.0 Å². The molecule has 0 aliphatic rings. The molecule has 1 unspecified atom stereocenters. The molecule has 5 aromatic rings. The molecule has 1 atom stereocenters.